The second-order valence-electron chi connectivity index (χ2n) is 5.77. The van der Waals surface area contributed by atoms with Crippen LogP contribution in [0.5, 0.6) is 0 Å². The Balaban J connectivity index is 2.17. The summed E-state index contributed by atoms with van der Waals surface area (Å²) in [4.78, 5) is 6.12. The summed E-state index contributed by atoms with van der Waals surface area (Å²) in [5, 5.41) is 2.14. The van der Waals surface area contributed by atoms with Gasteiger partial charge in [-0.15, -0.1) is 0 Å². The van der Waals surface area contributed by atoms with Crippen molar-refractivity contribution in [2.75, 3.05) is 13.6 Å². The third kappa shape index (κ3) is 2.07. The number of rotatable bonds is 2. The van der Waals surface area contributed by atoms with Crippen molar-refractivity contribution in [2.45, 2.75) is 32.7 Å². The smallest absolute Gasteiger partial charge is 0.0524 e. The normalized spacial score (nSPS) is 21.6. The van der Waals surface area contributed by atoms with Crippen LogP contribution >= 0.6 is 11.6 Å². The van der Waals surface area contributed by atoms with Crippen LogP contribution in [0.15, 0.2) is 18.2 Å². The number of aromatic nitrogens is 1. The molecule has 2 atom stereocenters. The fourth-order valence-electron chi connectivity index (χ4n) is 3.35. The van der Waals surface area contributed by atoms with Gasteiger partial charge in [-0.05, 0) is 43.1 Å². The van der Waals surface area contributed by atoms with Crippen molar-refractivity contribution in [3.8, 4) is 0 Å². The molecule has 0 spiro atoms. The second kappa shape index (κ2) is 4.84. The number of benzene rings is 1. The molecule has 0 amide bonds. The van der Waals surface area contributed by atoms with Crippen LogP contribution in [0, 0.1) is 5.92 Å². The quantitative estimate of drug-likeness (QED) is 0.862. The van der Waals surface area contributed by atoms with Crippen molar-refractivity contribution in [3.63, 3.8) is 0 Å². The lowest BCUT2D eigenvalue weighted by Crippen LogP contribution is -2.35. The predicted octanol–water partition coefficient (Wildman–Crippen LogP) is 4.40. The van der Waals surface area contributed by atoms with Gasteiger partial charge >= 0.3 is 0 Å². The lowest BCUT2D eigenvalue weighted by Gasteiger charge is -2.36. The molecule has 3 rings (SSSR count). The number of hydrogen-bond donors (Lipinski definition) is 1. The third-order valence-corrected chi connectivity index (χ3v) is 4.80. The number of fused-ring (bicyclic) bond motifs is 3. The Labute approximate surface area is 119 Å². The Bertz CT molecular complexity index is 602. The molecule has 19 heavy (non-hydrogen) atoms. The number of H-pyrrole nitrogens is 1. The van der Waals surface area contributed by atoms with Crippen LogP contribution in [-0.4, -0.2) is 23.5 Å². The molecule has 2 heterocycles. The Kier molecular flexibility index (Phi) is 3.32. The highest BCUT2D eigenvalue weighted by molar-refractivity contribution is 6.31. The van der Waals surface area contributed by atoms with Crippen LogP contribution in [0.3, 0.4) is 0 Å². The molecular weight excluding hydrogens is 256 g/mol. The fraction of sp³-hybridized carbons (Fsp3) is 0.500. The lowest BCUT2D eigenvalue weighted by atomic mass is 9.88. The van der Waals surface area contributed by atoms with Crippen molar-refractivity contribution in [3.05, 3.63) is 34.5 Å². The highest BCUT2D eigenvalue weighted by atomic mass is 35.5. The average molecular weight is 277 g/mol. The molecule has 0 radical (unpaired) electrons. The van der Waals surface area contributed by atoms with Crippen LogP contribution in [0.1, 0.15) is 37.6 Å². The van der Waals surface area contributed by atoms with Crippen LogP contribution in [0.2, 0.25) is 5.02 Å². The predicted molar refractivity (Wildman–Crippen MR) is 81.8 cm³/mol. The highest BCUT2D eigenvalue weighted by Crippen LogP contribution is 2.39. The lowest BCUT2D eigenvalue weighted by molar-refractivity contribution is 0.166. The Hall–Kier alpha value is -0.990. The van der Waals surface area contributed by atoms with E-state index in [-0.39, 0.29) is 0 Å². The molecule has 1 N–H and O–H groups in total. The van der Waals surface area contributed by atoms with Gasteiger partial charge in [-0.3, -0.25) is 4.90 Å². The van der Waals surface area contributed by atoms with Crippen molar-refractivity contribution in [2.24, 2.45) is 5.92 Å². The molecule has 3 heteroatoms. The number of halogens is 1. The van der Waals surface area contributed by atoms with Crippen molar-refractivity contribution in [1.29, 1.82) is 0 Å². The maximum Gasteiger partial charge on any atom is 0.0524 e. The number of hydrogen-bond acceptors (Lipinski definition) is 1. The number of aromatic amines is 1. The van der Waals surface area contributed by atoms with E-state index in [1.54, 1.807) is 0 Å². The summed E-state index contributed by atoms with van der Waals surface area (Å²) in [6.45, 7) is 5.74. The van der Waals surface area contributed by atoms with E-state index < -0.39 is 0 Å². The SMILES string of the molecule is CCC(C)C1c2[nH]c3ccc(Cl)cc3c2CCN1C. The standard InChI is InChI=1S/C16H21ClN2/c1-4-10(2)16-15-12(7-8-19(16)3)13-9-11(17)5-6-14(13)18-15/h5-6,9-10,16,18H,4,7-8H2,1-3H3. The number of likely N-dealkylation sites (N-methyl/N-ethyl adjacent to an activating group) is 1. The van der Waals surface area contributed by atoms with Crippen LogP contribution < -0.4 is 0 Å². The molecule has 2 aromatic rings. The maximum atomic E-state index is 6.15. The summed E-state index contributed by atoms with van der Waals surface area (Å²) in [5.41, 5.74) is 4.10. The third-order valence-electron chi connectivity index (χ3n) is 4.57. The first-order chi connectivity index (χ1) is 9.11. The molecule has 102 valence electrons. The molecule has 1 aromatic heterocycles. The maximum absolute atomic E-state index is 6.15. The van der Waals surface area contributed by atoms with Gasteiger partial charge in [-0.25, -0.2) is 0 Å². The topological polar surface area (TPSA) is 19.0 Å². The summed E-state index contributed by atoms with van der Waals surface area (Å²) in [6, 6.07) is 6.67. The zero-order valence-corrected chi connectivity index (χ0v) is 12.6. The first-order valence-corrected chi connectivity index (χ1v) is 7.49. The van der Waals surface area contributed by atoms with Gasteiger partial charge in [0.15, 0.2) is 0 Å². The van der Waals surface area contributed by atoms with E-state index in [2.05, 4.69) is 42.9 Å². The van der Waals surface area contributed by atoms with Gasteiger partial charge in [0.2, 0.25) is 0 Å². The number of nitrogens with one attached hydrogen (secondary N) is 1. The largest absolute Gasteiger partial charge is 0.357 e. The van der Waals surface area contributed by atoms with Gasteiger partial charge < -0.3 is 4.98 Å². The summed E-state index contributed by atoms with van der Waals surface area (Å²) in [6.07, 6.45) is 2.31. The Morgan fingerprint density at radius 1 is 1.47 bits per heavy atom. The zero-order chi connectivity index (χ0) is 13.6. The minimum Gasteiger partial charge on any atom is -0.357 e. The first-order valence-electron chi connectivity index (χ1n) is 7.12. The Morgan fingerprint density at radius 3 is 3.00 bits per heavy atom. The van der Waals surface area contributed by atoms with Gasteiger partial charge in [0.05, 0.1) is 6.04 Å². The summed E-state index contributed by atoms with van der Waals surface area (Å²) >= 11 is 6.15. The van der Waals surface area contributed by atoms with Gasteiger partial charge in [0, 0.05) is 28.2 Å². The van der Waals surface area contributed by atoms with E-state index in [0.29, 0.717) is 12.0 Å². The average Bonchev–Trinajstić information content (AvgIpc) is 2.75. The van der Waals surface area contributed by atoms with Crippen LogP contribution in [0.25, 0.3) is 10.9 Å². The van der Waals surface area contributed by atoms with E-state index >= 15 is 0 Å². The molecule has 0 aliphatic carbocycles. The van der Waals surface area contributed by atoms with Crippen LogP contribution in [0.4, 0.5) is 0 Å². The highest BCUT2D eigenvalue weighted by Gasteiger charge is 2.31. The van der Waals surface area contributed by atoms with E-state index in [4.69, 9.17) is 11.6 Å². The fourth-order valence-corrected chi connectivity index (χ4v) is 3.52. The van der Waals surface area contributed by atoms with E-state index in [1.807, 2.05) is 6.07 Å². The molecule has 0 saturated carbocycles. The van der Waals surface area contributed by atoms with E-state index in [9.17, 15) is 0 Å². The minimum absolute atomic E-state index is 0.500. The van der Waals surface area contributed by atoms with Gasteiger partial charge in [-0.1, -0.05) is 31.9 Å². The molecule has 1 aliphatic rings. The van der Waals surface area contributed by atoms with Crippen molar-refractivity contribution >= 4 is 22.5 Å². The number of nitrogens with zero attached hydrogens (tertiary/aromatic N) is 1. The summed E-state index contributed by atoms with van der Waals surface area (Å²) in [5.74, 6) is 0.660. The van der Waals surface area contributed by atoms with Crippen molar-refractivity contribution in [1.82, 2.24) is 9.88 Å². The summed E-state index contributed by atoms with van der Waals surface area (Å²) in [7, 11) is 2.23. The van der Waals surface area contributed by atoms with Crippen molar-refractivity contribution < 1.29 is 0 Å². The molecule has 0 saturated heterocycles. The molecule has 0 bridgehead atoms. The molecule has 2 unspecified atom stereocenters. The minimum atomic E-state index is 0.500. The van der Waals surface area contributed by atoms with Gasteiger partial charge in [0.1, 0.15) is 0 Å². The zero-order valence-electron chi connectivity index (χ0n) is 11.8. The second-order valence-corrected chi connectivity index (χ2v) is 6.20. The monoisotopic (exact) mass is 276 g/mol. The summed E-state index contributed by atoms with van der Waals surface area (Å²) < 4.78 is 0. The molecular formula is C16H21ClN2. The van der Waals surface area contributed by atoms with Gasteiger partial charge in [-0.2, -0.15) is 0 Å². The van der Waals surface area contributed by atoms with E-state index in [1.165, 1.54) is 28.6 Å². The first kappa shape index (κ1) is 13.0. The van der Waals surface area contributed by atoms with E-state index in [0.717, 1.165) is 18.0 Å². The molecule has 0 fully saturated rings. The Morgan fingerprint density at radius 2 is 2.26 bits per heavy atom. The molecule has 2 nitrogen and oxygen atoms in total. The van der Waals surface area contributed by atoms with Gasteiger partial charge in [0.25, 0.3) is 0 Å². The molecule has 1 aromatic carbocycles. The van der Waals surface area contributed by atoms with Crippen LogP contribution in [-0.2, 0) is 6.42 Å². The molecule has 1 aliphatic heterocycles.